The fourth-order valence-corrected chi connectivity index (χ4v) is 2.52. The molecule has 94 valence electrons. The van der Waals surface area contributed by atoms with Crippen LogP contribution in [0.4, 0.5) is 10.1 Å². The fourth-order valence-electron chi connectivity index (χ4n) is 2.52. The molecule has 2 rings (SSSR count). The van der Waals surface area contributed by atoms with E-state index in [0.29, 0.717) is 18.3 Å². The molecule has 1 saturated heterocycles. The number of nitrogens with zero attached hydrogens (tertiary/aromatic N) is 2. The monoisotopic (exact) mass is 237 g/mol. The van der Waals surface area contributed by atoms with Gasteiger partial charge in [-0.1, -0.05) is 12.1 Å². The second kappa shape index (κ2) is 5.02. The Balaban J connectivity index is 2.33. The van der Waals surface area contributed by atoms with Gasteiger partial charge in [-0.05, 0) is 25.6 Å². The predicted octanol–water partition coefficient (Wildman–Crippen LogP) is 1.42. The van der Waals surface area contributed by atoms with Gasteiger partial charge < -0.3 is 15.5 Å². The molecule has 17 heavy (non-hydrogen) atoms. The van der Waals surface area contributed by atoms with Crippen LogP contribution < -0.4 is 10.6 Å². The number of likely N-dealkylation sites (N-methyl/N-ethyl adjacent to an activating group) is 1. The number of nitrogens with two attached hydrogens (primary N) is 1. The van der Waals surface area contributed by atoms with Gasteiger partial charge in [0.15, 0.2) is 0 Å². The van der Waals surface area contributed by atoms with Gasteiger partial charge in [0, 0.05) is 32.2 Å². The summed E-state index contributed by atoms with van der Waals surface area (Å²) in [6.07, 6.45) is 0. The first-order chi connectivity index (χ1) is 8.13. The van der Waals surface area contributed by atoms with Gasteiger partial charge in [-0.3, -0.25) is 0 Å². The first kappa shape index (κ1) is 12.3. The zero-order chi connectivity index (χ0) is 12.4. The highest BCUT2D eigenvalue weighted by Crippen LogP contribution is 2.27. The normalized spacial score (nSPS) is 21.9. The van der Waals surface area contributed by atoms with Crippen LogP contribution in [0.5, 0.6) is 0 Å². The van der Waals surface area contributed by atoms with Crippen molar-refractivity contribution in [3.05, 3.63) is 29.6 Å². The summed E-state index contributed by atoms with van der Waals surface area (Å²) in [4.78, 5) is 4.40. The van der Waals surface area contributed by atoms with E-state index in [9.17, 15) is 4.39 Å². The maximum Gasteiger partial charge on any atom is 0.146 e. The standard InChI is InChI=1S/C13H20FN3/c1-10-9-16(2)6-7-17(10)13-11(8-15)4-3-5-12(13)14/h3-5,10H,6-9,15H2,1-2H3. The Morgan fingerprint density at radius 3 is 2.82 bits per heavy atom. The van der Waals surface area contributed by atoms with Crippen LogP contribution in [0.3, 0.4) is 0 Å². The van der Waals surface area contributed by atoms with E-state index in [1.165, 1.54) is 6.07 Å². The van der Waals surface area contributed by atoms with Crippen LogP contribution in [0, 0.1) is 5.82 Å². The van der Waals surface area contributed by atoms with Gasteiger partial charge in [0.25, 0.3) is 0 Å². The van der Waals surface area contributed by atoms with Crippen molar-refractivity contribution in [2.45, 2.75) is 19.5 Å². The van der Waals surface area contributed by atoms with Gasteiger partial charge in [-0.25, -0.2) is 4.39 Å². The third-order valence-corrected chi connectivity index (χ3v) is 3.41. The Morgan fingerprint density at radius 2 is 2.18 bits per heavy atom. The van der Waals surface area contributed by atoms with Crippen molar-refractivity contribution in [2.75, 3.05) is 31.6 Å². The van der Waals surface area contributed by atoms with Crippen LogP contribution >= 0.6 is 0 Å². The first-order valence-corrected chi connectivity index (χ1v) is 6.06. The van der Waals surface area contributed by atoms with E-state index < -0.39 is 0 Å². The zero-order valence-corrected chi connectivity index (χ0v) is 10.5. The molecule has 2 N–H and O–H groups in total. The number of benzene rings is 1. The molecule has 0 radical (unpaired) electrons. The Morgan fingerprint density at radius 1 is 1.41 bits per heavy atom. The summed E-state index contributed by atoms with van der Waals surface area (Å²) >= 11 is 0. The number of rotatable bonds is 2. The molecule has 0 saturated carbocycles. The number of anilines is 1. The second-order valence-electron chi connectivity index (χ2n) is 4.76. The smallest absolute Gasteiger partial charge is 0.146 e. The van der Waals surface area contributed by atoms with Crippen LogP contribution in [0.2, 0.25) is 0 Å². The van der Waals surface area contributed by atoms with Crippen LogP contribution in [-0.4, -0.2) is 37.6 Å². The van der Waals surface area contributed by atoms with Crippen molar-refractivity contribution in [2.24, 2.45) is 5.73 Å². The largest absolute Gasteiger partial charge is 0.364 e. The highest BCUT2D eigenvalue weighted by molar-refractivity contribution is 5.56. The van der Waals surface area contributed by atoms with Crippen LogP contribution in [0.25, 0.3) is 0 Å². The Kier molecular flexibility index (Phi) is 3.64. The number of halogens is 1. The van der Waals surface area contributed by atoms with Gasteiger partial charge >= 0.3 is 0 Å². The summed E-state index contributed by atoms with van der Waals surface area (Å²) in [7, 11) is 2.10. The van der Waals surface area contributed by atoms with Gasteiger partial charge in [0.05, 0.1) is 5.69 Å². The van der Waals surface area contributed by atoms with Gasteiger partial charge in [-0.2, -0.15) is 0 Å². The summed E-state index contributed by atoms with van der Waals surface area (Å²) in [5, 5.41) is 0. The number of hydrogen-bond donors (Lipinski definition) is 1. The van der Waals surface area contributed by atoms with Gasteiger partial charge in [0.1, 0.15) is 5.82 Å². The molecule has 0 bridgehead atoms. The number of hydrogen-bond acceptors (Lipinski definition) is 3. The molecule has 0 amide bonds. The molecule has 1 aliphatic rings. The van der Waals surface area contributed by atoms with Gasteiger partial charge in [-0.15, -0.1) is 0 Å². The van der Waals surface area contributed by atoms with Crippen molar-refractivity contribution in [1.82, 2.24) is 4.90 Å². The molecule has 1 aromatic rings. The molecule has 0 aliphatic carbocycles. The Labute approximate surface area is 102 Å². The molecule has 1 heterocycles. The molecule has 0 spiro atoms. The SMILES string of the molecule is CC1CN(C)CCN1c1c(F)cccc1CN. The summed E-state index contributed by atoms with van der Waals surface area (Å²) in [6, 6.07) is 5.46. The lowest BCUT2D eigenvalue weighted by Gasteiger charge is -2.40. The molecule has 1 aliphatic heterocycles. The minimum absolute atomic E-state index is 0.163. The quantitative estimate of drug-likeness (QED) is 0.844. The minimum atomic E-state index is -0.163. The topological polar surface area (TPSA) is 32.5 Å². The minimum Gasteiger partial charge on any atom is -0.364 e. The van der Waals surface area contributed by atoms with Crippen LogP contribution in [0.15, 0.2) is 18.2 Å². The maximum absolute atomic E-state index is 14.0. The lowest BCUT2D eigenvalue weighted by Crippen LogP contribution is -2.51. The van der Waals surface area contributed by atoms with Crippen LogP contribution in [-0.2, 0) is 6.54 Å². The molecule has 4 heteroatoms. The molecule has 1 fully saturated rings. The second-order valence-corrected chi connectivity index (χ2v) is 4.76. The van der Waals surface area contributed by atoms with E-state index in [1.807, 2.05) is 6.07 Å². The predicted molar refractivity (Wildman–Crippen MR) is 68.6 cm³/mol. The van der Waals surface area contributed by atoms with Crippen molar-refractivity contribution in [3.8, 4) is 0 Å². The average molecular weight is 237 g/mol. The molecular weight excluding hydrogens is 217 g/mol. The summed E-state index contributed by atoms with van der Waals surface area (Å²) < 4.78 is 14.0. The number of para-hydroxylation sites is 1. The summed E-state index contributed by atoms with van der Waals surface area (Å²) in [5.74, 6) is -0.163. The molecule has 1 aromatic carbocycles. The molecule has 1 unspecified atom stereocenters. The van der Waals surface area contributed by atoms with E-state index in [0.717, 1.165) is 25.2 Å². The maximum atomic E-state index is 14.0. The van der Waals surface area contributed by atoms with Crippen molar-refractivity contribution < 1.29 is 4.39 Å². The number of piperazine rings is 1. The lowest BCUT2D eigenvalue weighted by molar-refractivity contribution is 0.274. The fraction of sp³-hybridized carbons (Fsp3) is 0.538. The molecule has 1 atom stereocenters. The Bertz CT molecular complexity index is 394. The highest BCUT2D eigenvalue weighted by Gasteiger charge is 2.25. The summed E-state index contributed by atoms with van der Waals surface area (Å²) in [5.41, 5.74) is 7.28. The third kappa shape index (κ3) is 2.42. The lowest BCUT2D eigenvalue weighted by atomic mass is 10.1. The van der Waals surface area contributed by atoms with Crippen molar-refractivity contribution in [3.63, 3.8) is 0 Å². The third-order valence-electron chi connectivity index (χ3n) is 3.41. The highest BCUT2D eigenvalue weighted by atomic mass is 19.1. The van der Waals surface area contributed by atoms with E-state index in [-0.39, 0.29) is 5.82 Å². The van der Waals surface area contributed by atoms with E-state index in [4.69, 9.17) is 5.73 Å². The van der Waals surface area contributed by atoms with Crippen molar-refractivity contribution in [1.29, 1.82) is 0 Å². The first-order valence-electron chi connectivity index (χ1n) is 6.06. The molecule has 3 nitrogen and oxygen atoms in total. The van der Waals surface area contributed by atoms with Gasteiger partial charge in [0.2, 0.25) is 0 Å². The van der Waals surface area contributed by atoms with E-state index in [2.05, 4.69) is 23.8 Å². The van der Waals surface area contributed by atoms with E-state index in [1.54, 1.807) is 6.07 Å². The zero-order valence-electron chi connectivity index (χ0n) is 10.5. The Hall–Kier alpha value is -1.13. The van der Waals surface area contributed by atoms with Crippen molar-refractivity contribution >= 4 is 5.69 Å². The summed E-state index contributed by atoms with van der Waals surface area (Å²) in [6.45, 7) is 5.28. The van der Waals surface area contributed by atoms with E-state index >= 15 is 0 Å². The molecule has 0 aromatic heterocycles. The van der Waals surface area contributed by atoms with Crippen LogP contribution in [0.1, 0.15) is 12.5 Å². The molecular formula is C13H20FN3. The average Bonchev–Trinajstić information content (AvgIpc) is 2.30.